The summed E-state index contributed by atoms with van der Waals surface area (Å²) in [5, 5.41) is 4.50. The van der Waals surface area contributed by atoms with Gasteiger partial charge in [-0.15, -0.1) is 0 Å². The number of hydrogen-bond acceptors (Lipinski definition) is 5. The second-order valence-electron chi connectivity index (χ2n) is 8.66. The van der Waals surface area contributed by atoms with Gasteiger partial charge in [-0.05, 0) is 47.4 Å². The third kappa shape index (κ3) is 4.28. The Morgan fingerprint density at radius 3 is 2.69 bits per heavy atom. The van der Waals surface area contributed by atoms with Crippen molar-refractivity contribution in [2.45, 2.75) is 39.8 Å². The molecule has 5 rings (SSSR count). The average molecular weight is 515 g/mol. The van der Waals surface area contributed by atoms with E-state index in [1.165, 1.54) is 12.1 Å². The van der Waals surface area contributed by atoms with Gasteiger partial charge >= 0.3 is 5.76 Å². The first kappa shape index (κ1) is 23.4. The van der Waals surface area contributed by atoms with E-state index < -0.39 is 11.6 Å². The van der Waals surface area contributed by atoms with Gasteiger partial charge in [0.25, 0.3) is 0 Å². The summed E-state index contributed by atoms with van der Waals surface area (Å²) in [6.07, 6.45) is 0. The molecule has 0 amide bonds. The van der Waals surface area contributed by atoms with E-state index in [2.05, 4.69) is 15.1 Å². The van der Waals surface area contributed by atoms with Crippen molar-refractivity contribution in [3.05, 3.63) is 97.0 Å². The first-order valence-electron chi connectivity index (χ1n) is 11.0. The number of halogens is 3. The standard InChI is InChI=1S/C25H21Cl2FN4O3/c1-12(2)24-29-21(26)22(27)32(24)10-14-4-6-17-15(8-14)11-34-19-9-16(28)5-7-18(19)20(17)13(3)23-30-25(33)35-31-23/h4-9,12H,10-11H2,1-3H3,(H,30,31,33)/b20-13-. The Morgan fingerprint density at radius 2 is 1.97 bits per heavy atom. The first-order chi connectivity index (χ1) is 16.7. The van der Waals surface area contributed by atoms with Crippen molar-refractivity contribution < 1.29 is 13.7 Å². The van der Waals surface area contributed by atoms with Gasteiger partial charge in [0, 0.05) is 23.1 Å². The number of benzene rings is 2. The second kappa shape index (κ2) is 9.02. The van der Waals surface area contributed by atoms with Crippen molar-refractivity contribution in [2.75, 3.05) is 0 Å². The lowest BCUT2D eigenvalue weighted by atomic mass is 9.89. The number of ether oxygens (including phenoxy) is 1. The fourth-order valence-electron chi connectivity index (χ4n) is 4.34. The lowest BCUT2D eigenvalue weighted by Crippen LogP contribution is -2.08. The minimum absolute atomic E-state index is 0.135. The number of nitrogens with zero attached hydrogens (tertiary/aromatic N) is 3. The van der Waals surface area contributed by atoms with Crippen LogP contribution in [0.5, 0.6) is 5.75 Å². The molecule has 0 unspecified atom stereocenters. The number of aromatic nitrogens is 4. The molecule has 4 aromatic rings. The maximum atomic E-state index is 14.1. The number of aromatic amines is 1. The molecule has 0 radical (unpaired) electrons. The van der Waals surface area contributed by atoms with E-state index >= 15 is 0 Å². The summed E-state index contributed by atoms with van der Waals surface area (Å²) in [7, 11) is 0. The van der Waals surface area contributed by atoms with E-state index in [4.69, 9.17) is 32.5 Å². The van der Waals surface area contributed by atoms with Gasteiger partial charge in [0.2, 0.25) is 0 Å². The summed E-state index contributed by atoms with van der Waals surface area (Å²) in [6.45, 7) is 6.57. The number of fused-ring (bicyclic) bond motifs is 2. The fraction of sp³-hybridized carbons (Fsp3) is 0.240. The lowest BCUT2D eigenvalue weighted by molar-refractivity contribution is 0.305. The van der Waals surface area contributed by atoms with Crippen molar-refractivity contribution >= 4 is 34.3 Å². The maximum absolute atomic E-state index is 14.1. The number of H-pyrrole nitrogens is 1. The molecule has 0 atom stereocenters. The number of nitrogens with one attached hydrogen (secondary N) is 1. The second-order valence-corrected chi connectivity index (χ2v) is 9.37. The van der Waals surface area contributed by atoms with Gasteiger partial charge in [-0.2, -0.15) is 0 Å². The van der Waals surface area contributed by atoms with Crippen LogP contribution in [-0.2, 0) is 13.2 Å². The molecule has 0 saturated heterocycles. The van der Waals surface area contributed by atoms with Crippen LogP contribution >= 0.6 is 23.2 Å². The molecule has 3 heterocycles. The quantitative estimate of drug-likeness (QED) is 0.358. The van der Waals surface area contributed by atoms with Crippen LogP contribution in [0.3, 0.4) is 0 Å². The molecule has 0 spiro atoms. The monoisotopic (exact) mass is 514 g/mol. The van der Waals surface area contributed by atoms with Gasteiger partial charge < -0.3 is 9.30 Å². The van der Waals surface area contributed by atoms with Gasteiger partial charge in [-0.3, -0.25) is 9.51 Å². The van der Waals surface area contributed by atoms with Crippen LogP contribution in [0.4, 0.5) is 4.39 Å². The summed E-state index contributed by atoms with van der Waals surface area (Å²) < 4.78 is 26.7. The van der Waals surface area contributed by atoms with Gasteiger partial charge in [-0.1, -0.05) is 54.3 Å². The fourth-order valence-corrected chi connectivity index (χ4v) is 4.72. The molecule has 1 aliphatic rings. The predicted molar refractivity (Wildman–Crippen MR) is 131 cm³/mol. The van der Waals surface area contributed by atoms with Gasteiger partial charge in [-0.25, -0.2) is 14.2 Å². The van der Waals surface area contributed by atoms with E-state index in [-0.39, 0.29) is 17.7 Å². The molecule has 7 nitrogen and oxygen atoms in total. The molecule has 0 aliphatic carbocycles. The molecule has 0 saturated carbocycles. The third-order valence-electron chi connectivity index (χ3n) is 5.96. The summed E-state index contributed by atoms with van der Waals surface area (Å²) in [5.74, 6) is 0.551. The van der Waals surface area contributed by atoms with Crippen LogP contribution in [0.1, 0.15) is 60.6 Å². The molecule has 35 heavy (non-hydrogen) atoms. The molecule has 2 aromatic carbocycles. The van der Waals surface area contributed by atoms with E-state index in [9.17, 15) is 9.18 Å². The van der Waals surface area contributed by atoms with E-state index in [0.717, 1.165) is 28.1 Å². The third-order valence-corrected chi connectivity index (χ3v) is 6.70. The number of allylic oxidation sites excluding steroid dienone is 1. The topological polar surface area (TPSA) is 85.9 Å². The maximum Gasteiger partial charge on any atom is 0.439 e. The zero-order chi connectivity index (χ0) is 24.9. The van der Waals surface area contributed by atoms with Crippen molar-refractivity contribution in [1.29, 1.82) is 0 Å². The van der Waals surface area contributed by atoms with Gasteiger partial charge in [0.05, 0.1) is 6.54 Å². The Hall–Kier alpha value is -3.36. The normalized spacial score (nSPS) is 14.4. The van der Waals surface area contributed by atoms with E-state index in [1.807, 2.05) is 43.5 Å². The molecule has 180 valence electrons. The Kier molecular flexibility index (Phi) is 6.02. The molecule has 2 aromatic heterocycles. The molecule has 10 heteroatoms. The molecule has 0 bridgehead atoms. The highest BCUT2D eigenvalue weighted by atomic mass is 35.5. The summed E-state index contributed by atoms with van der Waals surface area (Å²) in [5.41, 5.74) is 4.83. The number of hydrogen-bond donors (Lipinski definition) is 1. The zero-order valence-corrected chi connectivity index (χ0v) is 20.7. The molecule has 0 fully saturated rings. The minimum atomic E-state index is -0.656. The van der Waals surface area contributed by atoms with Crippen LogP contribution in [0.15, 0.2) is 45.7 Å². The molecular formula is C25H21Cl2FN4O3. The summed E-state index contributed by atoms with van der Waals surface area (Å²) in [6, 6.07) is 10.4. The Labute approximate surface area is 210 Å². The SMILES string of the molecule is C/C(=C1\c2ccc(Cn3c(C(C)C)nc(Cl)c3Cl)cc2COc2cc(F)ccc21)c1noc(=O)[nH]1. The van der Waals surface area contributed by atoms with E-state index in [0.29, 0.717) is 34.4 Å². The predicted octanol–water partition coefficient (Wildman–Crippen LogP) is 6.05. The highest BCUT2D eigenvalue weighted by Crippen LogP contribution is 2.41. The Balaban J connectivity index is 1.65. The van der Waals surface area contributed by atoms with Crippen LogP contribution in [0.2, 0.25) is 10.3 Å². The van der Waals surface area contributed by atoms with Crippen molar-refractivity contribution in [1.82, 2.24) is 19.7 Å². The molecular weight excluding hydrogens is 494 g/mol. The average Bonchev–Trinajstić information content (AvgIpc) is 3.33. The smallest absolute Gasteiger partial charge is 0.439 e. The summed E-state index contributed by atoms with van der Waals surface area (Å²) >= 11 is 12.6. The Morgan fingerprint density at radius 1 is 1.20 bits per heavy atom. The lowest BCUT2D eigenvalue weighted by Gasteiger charge is -2.16. The first-order valence-corrected chi connectivity index (χ1v) is 11.7. The van der Waals surface area contributed by atoms with E-state index in [1.54, 1.807) is 6.07 Å². The van der Waals surface area contributed by atoms with Crippen LogP contribution < -0.4 is 10.5 Å². The molecule has 1 aliphatic heterocycles. The highest BCUT2D eigenvalue weighted by Gasteiger charge is 2.24. The van der Waals surface area contributed by atoms with Crippen LogP contribution in [-0.4, -0.2) is 19.7 Å². The summed E-state index contributed by atoms with van der Waals surface area (Å²) in [4.78, 5) is 18.6. The number of imidazole rings is 1. The number of rotatable bonds is 4. The van der Waals surface area contributed by atoms with Crippen molar-refractivity contribution in [2.24, 2.45) is 0 Å². The minimum Gasteiger partial charge on any atom is -0.488 e. The van der Waals surface area contributed by atoms with Crippen molar-refractivity contribution in [3.63, 3.8) is 0 Å². The van der Waals surface area contributed by atoms with Crippen LogP contribution in [0, 0.1) is 5.82 Å². The van der Waals surface area contributed by atoms with Gasteiger partial charge in [0.15, 0.2) is 11.0 Å². The Bertz CT molecular complexity index is 1530. The highest BCUT2D eigenvalue weighted by molar-refractivity contribution is 6.40. The molecule has 1 N–H and O–H groups in total. The van der Waals surface area contributed by atoms with Crippen LogP contribution in [0.25, 0.3) is 11.1 Å². The largest absolute Gasteiger partial charge is 0.488 e. The van der Waals surface area contributed by atoms with Gasteiger partial charge in [0.1, 0.15) is 29.2 Å². The van der Waals surface area contributed by atoms with Crippen molar-refractivity contribution in [3.8, 4) is 5.75 Å². The zero-order valence-electron chi connectivity index (χ0n) is 19.2.